The van der Waals surface area contributed by atoms with Crippen molar-refractivity contribution in [3.05, 3.63) is 52.6 Å². The van der Waals surface area contributed by atoms with E-state index in [4.69, 9.17) is 9.84 Å². The van der Waals surface area contributed by atoms with Crippen LogP contribution in [0.25, 0.3) is 11.1 Å². The molecule has 0 radical (unpaired) electrons. The number of carboxylic acid groups (broad SMARTS) is 1. The smallest absolute Gasteiger partial charge is 0.311 e. The van der Waals surface area contributed by atoms with E-state index in [0.29, 0.717) is 12.8 Å². The molecule has 2 aromatic rings. The maximum absolute atomic E-state index is 12.4. The fourth-order valence-electron chi connectivity index (χ4n) is 3.88. The highest BCUT2D eigenvalue weighted by Gasteiger charge is 2.26. The summed E-state index contributed by atoms with van der Waals surface area (Å²) in [4.78, 5) is 23.0. The summed E-state index contributed by atoms with van der Waals surface area (Å²) < 4.78 is 5.87. The highest BCUT2D eigenvalue weighted by atomic mass is 16.5. The van der Waals surface area contributed by atoms with Gasteiger partial charge in [0.05, 0.1) is 0 Å². The van der Waals surface area contributed by atoms with Crippen LogP contribution in [0.5, 0.6) is 5.75 Å². The van der Waals surface area contributed by atoms with Gasteiger partial charge in [-0.25, -0.2) is 0 Å². The van der Waals surface area contributed by atoms with Gasteiger partial charge in [-0.15, -0.1) is 0 Å². The standard InChI is InChI=1S/C23H26O4/c1-3-15-13-19-18-10-6-5-9-16(18)14-20(19)23(17(15)4-2)27-22(26)12-8-7-11-21(24)25/h5-6,9-10,13H,3-4,7-8,11-12,14H2,1-2H3,(H,24,25). The third-order valence-electron chi connectivity index (χ3n) is 5.23. The molecule has 0 unspecified atom stereocenters. The van der Waals surface area contributed by atoms with E-state index in [0.717, 1.165) is 36.1 Å². The molecule has 0 heterocycles. The van der Waals surface area contributed by atoms with E-state index in [1.54, 1.807) is 0 Å². The van der Waals surface area contributed by atoms with E-state index in [-0.39, 0.29) is 18.8 Å². The average molecular weight is 366 g/mol. The highest BCUT2D eigenvalue weighted by molar-refractivity contribution is 5.83. The average Bonchev–Trinajstić information content (AvgIpc) is 3.03. The molecule has 0 aromatic heterocycles. The Morgan fingerprint density at radius 2 is 1.78 bits per heavy atom. The monoisotopic (exact) mass is 366 g/mol. The SMILES string of the molecule is CCc1cc2c(c(OC(=O)CCCCC(=O)O)c1CC)Cc1ccccc1-2. The van der Waals surface area contributed by atoms with Crippen molar-refractivity contribution in [2.45, 2.75) is 58.8 Å². The number of hydrogen-bond acceptors (Lipinski definition) is 3. The summed E-state index contributed by atoms with van der Waals surface area (Å²) in [7, 11) is 0. The topological polar surface area (TPSA) is 63.6 Å². The number of rotatable bonds is 8. The number of ether oxygens (including phenoxy) is 1. The van der Waals surface area contributed by atoms with Crippen molar-refractivity contribution in [2.75, 3.05) is 0 Å². The van der Waals surface area contributed by atoms with Gasteiger partial charge < -0.3 is 9.84 Å². The van der Waals surface area contributed by atoms with Gasteiger partial charge in [-0.1, -0.05) is 44.2 Å². The minimum Gasteiger partial charge on any atom is -0.481 e. The molecule has 0 bridgehead atoms. The highest BCUT2D eigenvalue weighted by Crippen LogP contribution is 2.44. The van der Waals surface area contributed by atoms with Crippen LogP contribution in [0.2, 0.25) is 0 Å². The molecule has 0 fully saturated rings. The molecule has 0 amide bonds. The van der Waals surface area contributed by atoms with E-state index in [1.165, 1.54) is 22.3 Å². The zero-order valence-corrected chi connectivity index (χ0v) is 16.0. The Balaban J connectivity index is 1.88. The van der Waals surface area contributed by atoms with Crippen LogP contribution >= 0.6 is 0 Å². The molecule has 0 saturated heterocycles. The van der Waals surface area contributed by atoms with Crippen molar-refractivity contribution < 1.29 is 19.4 Å². The molecule has 1 N–H and O–H groups in total. The first-order valence-electron chi connectivity index (χ1n) is 9.73. The normalized spacial score (nSPS) is 11.8. The van der Waals surface area contributed by atoms with Gasteiger partial charge in [0.15, 0.2) is 0 Å². The number of carbonyl (C=O) groups is 2. The van der Waals surface area contributed by atoms with Crippen LogP contribution in [-0.2, 0) is 28.9 Å². The second-order valence-corrected chi connectivity index (χ2v) is 6.99. The molecule has 0 spiro atoms. The first-order valence-corrected chi connectivity index (χ1v) is 9.73. The van der Waals surface area contributed by atoms with E-state index >= 15 is 0 Å². The zero-order valence-electron chi connectivity index (χ0n) is 16.0. The second-order valence-electron chi connectivity index (χ2n) is 6.99. The summed E-state index contributed by atoms with van der Waals surface area (Å²) in [6.07, 6.45) is 3.84. The van der Waals surface area contributed by atoms with Crippen molar-refractivity contribution in [3.8, 4) is 16.9 Å². The van der Waals surface area contributed by atoms with E-state index in [1.807, 2.05) is 12.1 Å². The summed E-state index contributed by atoms with van der Waals surface area (Å²) >= 11 is 0. The Morgan fingerprint density at radius 1 is 1.04 bits per heavy atom. The van der Waals surface area contributed by atoms with E-state index in [9.17, 15) is 9.59 Å². The minimum absolute atomic E-state index is 0.0868. The number of fused-ring (bicyclic) bond motifs is 3. The molecule has 4 heteroatoms. The minimum atomic E-state index is -0.831. The number of carboxylic acids is 1. The van der Waals surface area contributed by atoms with Crippen LogP contribution in [0.1, 0.15) is 61.8 Å². The predicted octanol–water partition coefficient (Wildman–Crippen LogP) is 4.93. The molecule has 1 aliphatic carbocycles. The summed E-state index contributed by atoms with van der Waals surface area (Å²) in [5.41, 5.74) is 7.10. The predicted molar refractivity (Wildman–Crippen MR) is 105 cm³/mol. The lowest BCUT2D eigenvalue weighted by molar-refractivity contribution is -0.138. The Bertz CT molecular complexity index is 867. The first kappa shape index (κ1) is 19.2. The van der Waals surface area contributed by atoms with Gasteiger partial charge in [0.25, 0.3) is 0 Å². The number of benzene rings is 2. The summed E-state index contributed by atoms with van der Waals surface area (Å²) in [6, 6.07) is 10.6. The lowest BCUT2D eigenvalue weighted by Crippen LogP contribution is -2.12. The number of aryl methyl sites for hydroxylation is 1. The number of unbranched alkanes of at least 4 members (excludes halogenated alkanes) is 1. The van der Waals surface area contributed by atoms with Gasteiger partial charge in [-0.2, -0.15) is 0 Å². The Morgan fingerprint density at radius 3 is 2.48 bits per heavy atom. The van der Waals surface area contributed by atoms with Gasteiger partial charge in [0, 0.05) is 24.8 Å². The number of carbonyl (C=O) groups excluding carboxylic acids is 1. The molecular weight excluding hydrogens is 340 g/mol. The van der Waals surface area contributed by atoms with Crippen LogP contribution in [0, 0.1) is 0 Å². The Labute approximate surface area is 160 Å². The Hall–Kier alpha value is -2.62. The molecule has 1 aliphatic rings. The van der Waals surface area contributed by atoms with Crippen LogP contribution in [0.3, 0.4) is 0 Å². The second kappa shape index (κ2) is 8.38. The molecular formula is C23H26O4. The molecule has 2 aromatic carbocycles. The van der Waals surface area contributed by atoms with Crippen LogP contribution in [0.15, 0.2) is 30.3 Å². The maximum Gasteiger partial charge on any atom is 0.311 e. The van der Waals surface area contributed by atoms with Crippen LogP contribution in [0.4, 0.5) is 0 Å². The molecule has 142 valence electrons. The molecule has 27 heavy (non-hydrogen) atoms. The van der Waals surface area contributed by atoms with E-state index < -0.39 is 5.97 Å². The number of esters is 1. The van der Waals surface area contributed by atoms with Gasteiger partial charge >= 0.3 is 11.9 Å². The molecule has 0 atom stereocenters. The largest absolute Gasteiger partial charge is 0.481 e. The molecule has 0 saturated carbocycles. The fourth-order valence-corrected chi connectivity index (χ4v) is 3.88. The van der Waals surface area contributed by atoms with Crippen molar-refractivity contribution >= 4 is 11.9 Å². The fraction of sp³-hybridized carbons (Fsp3) is 0.391. The summed E-state index contributed by atoms with van der Waals surface area (Å²) in [5.74, 6) is -0.379. The van der Waals surface area contributed by atoms with Gasteiger partial charge in [-0.3, -0.25) is 9.59 Å². The lowest BCUT2D eigenvalue weighted by atomic mass is 9.94. The quantitative estimate of drug-likeness (QED) is 0.349. The van der Waals surface area contributed by atoms with Crippen molar-refractivity contribution in [3.63, 3.8) is 0 Å². The number of hydrogen-bond donors (Lipinski definition) is 1. The van der Waals surface area contributed by atoms with Gasteiger partial charge in [-0.05, 0) is 53.5 Å². The maximum atomic E-state index is 12.4. The van der Waals surface area contributed by atoms with Crippen LogP contribution < -0.4 is 4.74 Å². The first-order chi connectivity index (χ1) is 13.0. The summed E-state index contributed by atoms with van der Waals surface area (Å²) in [6.45, 7) is 4.21. The van der Waals surface area contributed by atoms with Crippen LogP contribution in [-0.4, -0.2) is 17.0 Å². The Kier molecular flexibility index (Phi) is 5.94. The van der Waals surface area contributed by atoms with Gasteiger partial charge in [0.1, 0.15) is 5.75 Å². The van der Waals surface area contributed by atoms with Gasteiger partial charge in [0.2, 0.25) is 0 Å². The van der Waals surface area contributed by atoms with Crippen molar-refractivity contribution in [1.82, 2.24) is 0 Å². The third kappa shape index (κ3) is 4.05. The molecule has 0 aliphatic heterocycles. The summed E-state index contributed by atoms with van der Waals surface area (Å²) in [5, 5.41) is 8.72. The van der Waals surface area contributed by atoms with E-state index in [2.05, 4.69) is 32.0 Å². The number of aliphatic carboxylic acids is 1. The molecule has 3 rings (SSSR count). The zero-order chi connectivity index (χ0) is 19.4. The van der Waals surface area contributed by atoms with Crippen molar-refractivity contribution in [1.29, 1.82) is 0 Å². The van der Waals surface area contributed by atoms with Crippen molar-refractivity contribution in [2.24, 2.45) is 0 Å². The third-order valence-corrected chi connectivity index (χ3v) is 5.23. The molecule has 4 nitrogen and oxygen atoms in total. The lowest BCUT2D eigenvalue weighted by Gasteiger charge is -2.18.